The molecule has 1 fully saturated rings. The van der Waals surface area contributed by atoms with Crippen LogP contribution in [0.2, 0.25) is 0 Å². The molecule has 6 heteroatoms. The maximum absolute atomic E-state index is 12.0. The minimum atomic E-state index is -0.744. The molecule has 22 heavy (non-hydrogen) atoms. The van der Waals surface area contributed by atoms with E-state index in [2.05, 4.69) is 5.32 Å². The third-order valence-corrected chi connectivity index (χ3v) is 3.58. The molecule has 1 amide bonds. The molecule has 2 N–H and O–H groups in total. The third kappa shape index (κ3) is 7.42. The molecule has 1 aliphatic heterocycles. The van der Waals surface area contributed by atoms with E-state index in [0.717, 1.165) is 12.8 Å². The summed E-state index contributed by atoms with van der Waals surface area (Å²) in [4.78, 5) is 15.7. The minimum absolute atomic E-state index is 0.231. The number of piperidine rings is 1. The summed E-state index contributed by atoms with van der Waals surface area (Å²) in [5.74, 6) is 0. The van der Waals surface area contributed by atoms with Crippen LogP contribution in [0.25, 0.3) is 0 Å². The fourth-order valence-corrected chi connectivity index (χ4v) is 2.69. The van der Waals surface area contributed by atoms with Gasteiger partial charge in [0.05, 0.1) is 5.60 Å². The first-order valence-electron chi connectivity index (χ1n) is 8.07. The normalized spacial score (nSPS) is 20.1. The van der Waals surface area contributed by atoms with Crippen molar-refractivity contribution in [2.24, 2.45) is 0 Å². The smallest absolute Gasteiger partial charge is 0.410 e. The van der Waals surface area contributed by atoms with Gasteiger partial charge >= 0.3 is 6.09 Å². The maximum Gasteiger partial charge on any atom is 0.410 e. The van der Waals surface area contributed by atoms with E-state index in [1.165, 1.54) is 0 Å². The molecule has 0 radical (unpaired) electrons. The molecule has 0 saturated carbocycles. The average molecular weight is 315 g/mol. The van der Waals surface area contributed by atoms with E-state index in [9.17, 15) is 9.90 Å². The number of aliphatic hydroxyl groups is 1. The standard InChI is InChI=1S/C16H33N3O3/c1-15(2,3)22-14(20)19-9-7-13(8-10-19)17-11-16(4,21)12-18(5)6/h13,17,21H,7-12H2,1-6H3. The van der Waals surface area contributed by atoms with Crippen molar-refractivity contribution in [2.75, 3.05) is 40.3 Å². The summed E-state index contributed by atoms with van der Waals surface area (Å²) in [7, 11) is 3.90. The number of carbonyl (C=O) groups is 1. The fourth-order valence-electron chi connectivity index (χ4n) is 2.69. The Labute approximate surface area is 134 Å². The van der Waals surface area contributed by atoms with Crippen molar-refractivity contribution in [1.29, 1.82) is 0 Å². The Hall–Kier alpha value is -0.850. The van der Waals surface area contributed by atoms with Crippen LogP contribution in [0.1, 0.15) is 40.5 Å². The van der Waals surface area contributed by atoms with Crippen molar-refractivity contribution >= 4 is 6.09 Å². The lowest BCUT2D eigenvalue weighted by Gasteiger charge is -2.35. The summed E-state index contributed by atoms with van der Waals surface area (Å²) in [6.45, 7) is 10.1. The number of hydrogen-bond donors (Lipinski definition) is 2. The number of likely N-dealkylation sites (N-methyl/N-ethyl adjacent to an activating group) is 1. The lowest BCUT2D eigenvalue weighted by molar-refractivity contribution is 0.0148. The van der Waals surface area contributed by atoms with Gasteiger partial charge in [-0.05, 0) is 54.6 Å². The highest BCUT2D eigenvalue weighted by atomic mass is 16.6. The largest absolute Gasteiger partial charge is 0.444 e. The van der Waals surface area contributed by atoms with Gasteiger partial charge in [0.25, 0.3) is 0 Å². The zero-order valence-corrected chi connectivity index (χ0v) is 15.0. The molecular formula is C16H33N3O3. The second-order valence-electron chi connectivity index (χ2n) is 7.86. The van der Waals surface area contributed by atoms with Crippen molar-refractivity contribution in [2.45, 2.75) is 57.8 Å². The molecule has 0 bridgehead atoms. The Balaban J connectivity index is 2.32. The molecule has 0 aromatic carbocycles. The Morgan fingerprint density at radius 2 is 1.82 bits per heavy atom. The molecule has 1 aliphatic rings. The molecule has 0 aliphatic carbocycles. The molecule has 0 aromatic heterocycles. The molecule has 0 spiro atoms. The first-order chi connectivity index (χ1) is 9.98. The summed E-state index contributed by atoms with van der Waals surface area (Å²) < 4.78 is 5.39. The van der Waals surface area contributed by atoms with E-state index in [-0.39, 0.29) is 6.09 Å². The second kappa shape index (κ2) is 7.62. The van der Waals surface area contributed by atoms with Gasteiger partial charge in [-0.15, -0.1) is 0 Å². The number of hydrogen-bond acceptors (Lipinski definition) is 5. The average Bonchev–Trinajstić information content (AvgIpc) is 2.33. The quantitative estimate of drug-likeness (QED) is 0.800. The highest BCUT2D eigenvalue weighted by molar-refractivity contribution is 5.68. The predicted molar refractivity (Wildman–Crippen MR) is 88.0 cm³/mol. The van der Waals surface area contributed by atoms with Crippen molar-refractivity contribution in [3.8, 4) is 0 Å². The highest BCUT2D eigenvalue weighted by Gasteiger charge is 2.28. The molecule has 6 nitrogen and oxygen atoms in total. The number of nitrogens with zero attached hydrogens (tertiary/aromatic N) is 2. The molecule has 1 rings (SSSR count). The Bertz CT molecular complexity index is 356. The van der Waals surface area contributed by atoms with Crippen LogP contribution >= 0.6 is 0 Å². The number of nitrogens with one attached hydrogen (secondary N) is 1. The van der Waals surface area contributed by atoms with Gasteiger partial charge in [-0.2, -0.15) is 0 Å². The zero-order chi connectivity index (χ0) is 17.0. The molecule has 1 saturated heterocycles. The first-order valence-corrected chi connectivity index (χ1v) is 8.07. The van der Waals surface area contributed by atoms with Crippen molar-refractivity contribution < 1.29 is 14.6 Å². The number of likely N-dealkylation sites (tertiary alicyclic amines) is 1. The van der Waals surface area contributed by atoms with Crippen LogP contribution < -0.4 is 5.32 Å². The Morgan fingerprint density at radius 3 is 2.27 bits per heavy atom. The van der Waals surface area contributed by atoms with E-state index >= 15 is 0 Å². The summed E-state index contributed by atoms with van der Waals surface area (Å²) in [6, 6.07) is 0.340. The number of ether oxygens (including phenoxy) is 1. The van der Waals surface area contributed by atoms with Gasteiger partial charge in [-0.1, -0.05) is 0 Å². The van der Waals surface area contributed by atoms with Gasteiger partial charge in [0.1, 0.15) is 5.60 Å². The summed E-state index contributed by atoms with van der Waals surface area (Å²) >= 11 is 0. The fraction of sp³-hybridized carbons (Fsp3) is 0.938. The van der Waals surface area contributed by atoms with E-state index < -0.39 is 11.2 Å². The van der Waals surface area contributed by atoms with Crippen LogP contribution in [-0.2, 0) is 4.74 Å². The van der Waals surface area contributed by atoms with Gasteiger partial charge in [0.15, 0.2) is 0 Å². The van der Waals surface area contributed by atoms with Crippen LogP contribution in [0.3, 0.4) is 0 Å². The zero-order valence-electron chi connectivity index (χ0n) is 15.0. The van der Waals surface area contributed by atoms with Crippen LogP contribution in [0.4, 0.5) is 4.79 Å². The topological polar surface area (TPSA) is 65.0 Å². The minimum Gasteiger partial charge on any atom is -0.444 e. The van der Waals surface area contributed by atoms with Gasteiger partial charge in [-0.25, -0.2) is 4.79 Å². The predicted octanol–water partition coefficient (Wildman–Crippen LogP) is 1.29. The molecule has 130 valence electrons. The van der Waals surface area contributed by atoms with Crippen molar-refractivity contribution in [3.63, 3.8) is 0 Å². The van der Waals surface area contributed by atoms with Crippen LogP contribution in [-0.4, -0.2) is 78.5 Å². The van der Waals surface area contributed by atoms with Crippen LogP contribution in [0.15, 0.2) is 0 Å². The molecule has 1 atom stereocenters. The number of amides is 1. The Morgan fingerprint density at radius 1 is 1.27 bits per heavy atom. The number of rotatable bonds is 5. The molecular weight excluding hydrogens is 282 g/mol. The summed E-state index contributed by atoms with van der Waals surface area (Å²) in [5, 5.41) is 13.7. The van der Waals surface area contributed by atoms with Gasteiger partial charge in [0, 0.05) is 32.2 Å². The monoisotopic (exact) mass is 315 g/mol. The third-order valence-electron chi connectivity index (χ3n) is 3.58. The molecule has 1 unspecified atom stereocenters. The van der Waals surface area contributed by atoms with E-state index in [1.807, 2.05) is 46.7 Å². The Kier molecular flexibility index (Phi) is 6.65. The van der Waals surface area contributed by atoms with Crippen molar-refractivity contribution in [3.05, 3.63) is 0 Å². The van der Waals surface area contributed by atoms with Crippen LogP contribution in [0, 0.1) is 0 Å². The van der Waals surface area contributed by atoms with Gasteiger partial charge < -0.3 is 25.0 Å². The van der Waals surface area contributed by atoms with E-state index in [4.69, 9.17) is 4.74 Å². The van der Waals surface area contributed by atoms with E-state index in [0.29, 0.717) is 32.2 Å². The van der Waals surface area contributed by atoms with E-state index in [1.54, 1.807) is 4.90 Å². The maximum atomic E-state index is 12.0. The summed E-state index contributed by atoms with van der Waals surface area (Å²) in [6.07, 6.45) is 1.54. The van der Waals surface area contributed by atoms with Crippen molar-refractivity contribution in [1.82, 2.24) is 15.1 Å². The molecule has 0 aromatic rings. The van der Waals surface area contributed by atoms with Gasteiger partial charge in [0.2, 0.25) is 0 Å². The lowest BCUT2D eigenvalue weighted by atomic mass is 10.0. The van der Waals surface area contributed by atoms with Crippen LogP contribution in [0.5, 0.6) is 0 Å². The highest BCUT2D eigenvalue weighted by Crippen LogP contribution is 2.16. The SMILES string of the molecule is CN(C)CC(C)(O)CNC1CCN(C(=O)OC(C)(C)C)CC1. The van der Waals surface area contributed by atoms with Gasteiger partial charge in [-0.3, -0.25) is 0 Å². The second-order valence-corrected chi connectivity index (χ2v) is 7.86. The lowest BCUT2D eigenvalue weighted by Crippen LogP contribution is -2.51. The summed E-state index contributed by atoms with van der Waals surface area (Å²) in [5.41, 5.74) is -1.19. The number of carbonyl (C=O) groups excluding carboxylic acids is 1. The molecule has 1 heterocycles. The first kappa shape index (κ1) is 19.2.